The van der Waals surface area contributed by atoms with Crippen molar-refractivity contribution < 1.29 is 19.2 Å². The topological polar surface area (TPSA) is 111 Å². The number of non-ortho nitro benzene ring substituents is 1. The summed E-state index contributed by atoms with van der Waals surface area (Å²) in [6, 6.07) is 16.5. The van der Waals surface area contributed by atoms with E-state index in [1.165, 1.54) is 55.7 Å². The standard InChI is InChI=1S/C23H17Cl2N3O5/c1-33-21-5-3-2-4-19(21)22(29)27-20(10-14-6-8-18(9-7-14)28(31)32)23(30)26-17-12-15(24)11-16(25)13-17/h2-13H,1H3,(H,26,30)(H,27,29). The number of hydrogen-bond acceptors (Lipinski definition) is 5. The van der Waals surface area contributed by atoms with Gasteiger partial charge in [-0.25, -0.2) is 0 Å². The van der Waals surface area contributed by atoms with Crippen LogP contribution < -0.4 is 15.4 Å². The second kappa shape index (κ2) is 10.6. The van der Waals surface area contributed by atoms with Crippen LogP contribution in [0.4, 0.5) is 11.4 Å². The number of methoxy groups -OCH3 is 1. The number of rotatable bonds is 7. The highest BCUT2D eigenvalue weighted by atomic mass is 35.5. The summed E-state index contributed by atoms with van der Waals surface area (Å²) in [6.07, 6.45) is 1.39. The summed E-state index contributed by atoms with van der Waals surface area (Å²) in [4.78, 5) is 36.3. The number of benzene rings is 3. The first kappa shape index (κ1) is 23.8. The number of ether oxygens (including phenoxy) is 1. The van der Waals surface area contributed by atoms with Crippen molar-refractivity contribution in [2.75, 3.05) is 12.4 Å². The number of nitrogens with zero attached hydrogens (tertiary/aromatic N) is 1. The number of amides is 2. The molecule has 0 radical (unpaired) electrons. The Bertz CT molecular complexity index is 1220. The van der Waals surface area contributed by atoms with Gasteiger partial charge in [-0.05, 0) is 54.1 Å². The van der Waals surface area contributed by atoms with Crippen molar-refractivity contribution in [3.05, 3.63) is 104 Å². The number of anilines is 1. The molecule has 3 aromatic carbocycles. The Hall–Kier alpha value is -3.88. The highest BCUT2D eigenvalue weighted by Gasteiger charge is 2.18. The molecular weight excluding hydrogens is 469 g/mol. The normalized spacial score (nSPS) is 10.9. The molecule has 0 aliphatic rings. The molecule has 0 fully saturated rings. The SMILES string of the molecule is COc1ccccc1C(=O)NC(=Cc1ccc([N+](=O)[O-])cc1)C(=O)Nc1cc(Cl)cc(Cl)c1. The number of hydrogen-bond donors (Lipinski definition) is 2. The minimum Gasteiger partial charge on any atom is -0.496 e. The molecule has 3 aromatic rings. The fourth-order valence-corrected chi connectivity index (χ4v) is 3.39. The predicted octanol–water partition coefficient (Wildman–Crippen LogP) is 5.32. The molecule has 0 unspecified atom stereocenters. The number of nitro groups is 1. The van der Waals surface area contributed by atoms with Gasteiger partial charge in [-0.15, -0.1) is 0 Å². The van der Waals surface area contributed by atoms with E-state index < -0.39 is 16.7 Å². The van der Waals surface area contributed by atoms with Crippen molar-refractivity contribution in [3.63, 3.8) is 0 Å². The molecule has 0 bridgehead atoms. The molecule has 10 heteroatoms. The van der Waals surface area contributed by atoms with Gasteiger partial charge >= 0.3 is 0 Å². The Morgan fingerprint density at radius 1 is 1.00 bits per heavy atom. The molecule has 0 saturated carbocycles. The molecule has 33 heavy (non-hydrogen) atoms. The second-order valence-corrected chi connectivity index (χ2v) is 7.55. The third-order valence-corrected chi connectivity index (χ3v) is 4.82. The quantitative estimate of drug-likeness (QED) is 0.267. The van der Waals surface area contributed by atoms with Gasteiger partial charge in [-0.2, -0.15) is 0 Å². The summed E-state index contributed by atoms with van der Waals surface area (Å²) in [6.45, 7) is 0. The fraction of sp³-hybridized carbons (Fsp3) is 0.0435. The highest BCUT2D eigenvalue weighted by Crippen LogP contribution is 2.23. The fourth-order valence-electron chi connectivity index (χ4n) is 2.86. The van der Waals surface area contributed by atoms with Crippen molar-refractivity contribution in [2.45, 2.75) is 0 Å². The van der Waals surface area contributed by atoms with Gasteiger partial charge in [-0.1, -0.05) is 35.3 Å². The van der Waals surface area contributed by atoms with E-state index >= 15 is 0 Å². The Morgan fingerprint density at radius 3 is 2.24 bits per heavy atom. The van der Waals surface area contributed by atoms with Crippen molar-refractivity contribution in [1.29, 1.82) is 0 Å². The van der Waals surface area contributed by atoms with Crippen molar-refractivity contribution in [3.8, 4) is 5.75 Å². The number of para-hydroxylation sites is 1. The van der Waals surface area contributed by atoms with Crippen LogP contribution in [-0.4, -0.2) is 23.8 Å². The van der Waals surface area contributed by atoms with Crippen LogP contribution in [0.25, 0.3) is 6.08 Å². The highest BCUT2D eigenvalue weighted by molar-refractivity contribution is 6.35. The van der Waals surface area contributed by atoms with Crippen molar-refractivity contribution in [1.82, 2.24) is 5.32 Å². The molecule has 0 atom stereocenters. The first-order valence-corrected chi connectivity index (χ1v) is 10.2. The lowest BCUT2D eigenvalue weighted by Gasteiger charge is -2.13. The van der Waals surface area contributed by atoms with Crippen LogP contribution in [0, 0.1) is 10.1 Å². The van der Waals surface area contributed by atoms with Crippen LogP contribution in [0.5, 0.6) is 5.75 Å². The van der Waals surface area contributed by atoms with Crippen LogP contribution >= 0.6 is 23.2 Å². The van der Waals surface area contributed by atoms with Gasteiger partial charge in [0.15, 0.2) is 0 Å². The molecule has 168 valence electrons. The van der Waals surface area contributed by atoms with Crippen LogP contribution in [-0.2, 0) is 4.79 Å². The molecular formula is C23H17Cl2N3O5. The van der Waals surface area contributed by atoms with E-state index in [0.29, 0.717) is 27.0 Å². The first-order chi connectivity index (χ1) is 15.8. The lowest BCUT2D eigenvalue weighted by atomic mass is 10.1. The van der Waals surface area contributed by atoms with E-state index in [1.54, 1.807) is 24.3 Å². The lowest BCUT2D eigenvalue weighted by molar-refractivity contribution is -0.384. The summed E-state index contributed by atoms with van der Waals surface area (Å²) in [7, 11) is 1.43. The predicted molar refractivity (Wildman–Crippen MR) is 127 cm³/mol. The molecule has 8 nitrogen and oxygen atoms in total. The Morgan fingerprint density at radius 2 is 1.64 bits per heavy atom. The molecule has 0 spiro atoms. The maximum absolute atomic E-state index is 13.0. The number of halogens is 2. The van der Waals surface area contributed by atoms with E-state index in [4.69, 9.17) is 27.9 Å². The monoisotopic (exact) mass is 485 g/mol. The zero-order valence-corrected chi connectivity index (χ0v) is 18.7. The molecule has 0 aliphatic heterocycles. The molecule has 0 aliphatic carbocycles. The lowest BCUT2D eigenvalue weighted by Crippen LogP contribution is -2.31. The third kappa shape index (κ3) is 6.31. The van der Waals surface area contributed by atoms with E-state index in [-0.39, 0.29) is 16.9 Å². The molecule has 2 amide bonds. The van der Waals surface area contributed by atoms with Crippen LogP contribution in [0.3, 0.4) is 0 Å². The van der Waals surface area contributed by atoms with Gasteiger partial charge in [0.1, 0.15) is 11.4 Å². The van der Waals surface area contributed by atoms with E-state index in [2.05, 4.69) is 10.6 Å². The van der Waals surface area contributed by atoms with Crippen LogP contribution in [0.15, 0.2) is 72.4 Å². The zero-order valence-electron chi connectivity index (χ0n) is 17.2. The summed E-state index contributed by atoms with van der Waals surface area (Å²) in [5.41, 5.74) is 0.766. The van der Waals surface area contributed by atoms with Crippen molar-refractivity contribution in [2.24, 2.45) is 0 Å². The van der Waals surface area contributed by atoms with Gasteiger partial charge in [0.05, 0.1) is 17.6 Å². The average molecular weight is 486 g/mol. The summed E-state index contributed by atoms with van der Waals surface area (Å²) < 4.78 is 5.21. The molecule has 2 N–H and O–H groups in total. The third-order valence-electron chi connectivity index (χ3n) is 4.38. The second-order valence-electron chi connectivity index (χ2n) is 6.67. The maximum Gasteiger partial charge on any atom is 0.272 e. The number of carbonyl (C=O) groups is 2. The van der Waals surface area contributed by atoms with Crippen molar-refractivity contribution >= 4 is 52.5 Å². The average Bonchev–Trinajstić information content (AvgIpc) is 2.78. The largest absolute Gasteiger partial charge is 0.496 e. The Labute approximate surface area is 198 Å². The number of nitrogens with one attached hydrogen (secondary N) is 2. The van der Waals surface area contributed by atoms with E-state index in [0.717, 1.165) is 0 Å². The summed E-state index contributed by atoms with van der Waals surface area (Å²) in [5.74, 6) is -0.915. The van der Waals surface area contributed by atoms with Gasteiger partial charge in [0.25, 0.3) is 17.5 Å². The minimum absolute atomic E-state index is 0.107. The molecule has 3 rings (SSSR count). The van der Waals surface area contributed by atoms with Crippen LogP contribution in [0.1, 0.15) is 15.9 Å². The minimum atomic E-state index is -0.657. The maximum atomic E-state index is 13.0. The summed E-state index contributed by atoms with van der Waals surface area (Å²) >= 11 is 12.0. The van der Waals surface area contributed by atoms with Gasteiger partial charge in [0.2, 0.25) is 0 Å². The Balaban J connectivity index is 1.95. The Kier molecular flexibility index (Phi) is 7.66. The molecule has 0 saturated heterocycles. The van der Waals surface area contributed by atoms with Gasteiger partial charge in [0, 0.05) is 27.9 Å². The zero-order chi connectivity index (χ0) is 24.0. The van der Waals surface area contributed by atoms with Gasteiger partial charge in [-0.3, -0.25) is 19.7 Å². The first-order valence-electron chi connectivity index (χ1n) is 9.45. The van der Waals surface area contributed by atoms with E-state index in [9.17, 15) is 19.7 Å². The summed E-state index contributed by atoms with van der Waals surface area (Å²) in [5, 5.41) is 16.7. The van der Waals surface area contributed by atoms with E-state index in [1.807, 2.05) is 0 Å². The van der Waals surface area contributed by atoms with Gasteiger partial charge < -0.3 is 15.4 Å². The molecule has 0 heterocycles. The number of nitro benzene ring substituents is 1. The smallest absolute Gasteiger partial charge is 0.272 e. The number of carbonyl (C=O) groups excluding carboxylic acids is 2. The van der Waals surface area contributed by atoms with Crippen LogP contribution in [0.2, 0.25) is 10.0 Å². The molecule has 0 aromatic heterocycles.